The third-order valence-electron chi connectivity index (χ3n) is 3.44. The van der Waals surface area contributed by atoms with Gasteiger partial charge in [-0.15, -0.1) is 0 Å². The molecule has 3 aromatic rings. The van der Waals surface area contributed by atoms with Crippen molar-refractivity contribution >= 4 is 21.1 Å². The average molecular weight is 334 g/mol. The van der Waals surface area contributed by atoms with Gasteiger partial charge < -0.3 is 4.42 Å². The maximum atomic E-state index is 13.6. The minimum Gasteiger partial charge on any atom is -0.440 e. The molecular formula is C16H15FN2O3S. The number of aromatic nitrogens is 1. The minimum atomic E-state index is -3.92. The molecule has 0 amide bonds. The number of sulfonamides is 1. The van der Waals surface area contributed by atoms with Crippen LogP contribution in [0, 0.1) is 5.82 Å². The number of oxazole rings is 1. The van der Waals surface area contributed by atoms with Gasteiger partial charge in [-0.25, -0.2) is 22.5 Å². The highest BCUT2D eigenvalue weighted by Crippen LogP contribution is 2.21. The van der Waals surface area contributed by atoms with Gasteiger partial charge >= 0.3 is 0 Å². The van der Waals surface area contributed by atoms with Gasteiger partial charge in [-0.3, -0.25) is 0 Å². The Balaban J connectivity index is 1.76. The Kier molecular flexibility index (Phi) is 4.14. The van der Waals surface area contributed by atoms with Gasteiger partial charge in [0.1, 0.15) is 16.2 Å². The highest BCUT2D eigenvalue weighted by atomic mass is 32.2. The third-order valence-corrected chi connectivity index (χ3v) is 4.89. The summed E-state index contributed by atoms with van der Waals surface area (Å²) in [5.41, 5.74) is 1.36. The van der Waals surface area contributed by atoms with E-state index in [1.165, 1.54) is 18.2 Å². The van der Waals surface area contributed by atoms with E-state index in [0.717, 1.165) is 6.07 Å². The fourth-order valence-electron chi connectivity index (χ4n) is 2.16. The van der Waals surface area contributed by atoms with Gasteiger partial charge in [-0.2, -0.15) is 0 Å². The lowest BCUT2D eigenvalue weighted by Crippen LogP contribution is -2.28. The summed E-state index contributed by atoms with van der Waals surface area (Å²) >= 11 is 0. The molecule has 0 bridgehead atoms. The fraction of sp³-hybridized carbons (Fsp3) is 0.188. The van der Waals surface area contributed by atoms with Gasteiger partial charge in [0, 0.05) is 12.5 Å². The normalized spacial score (nSPS) is 13.3. The van der Waals surface area contributed by atoms with Crippen molar-refractivity contribution in [3.8, 4) is 0 Å². The van der Waals surface area contributed by atoms with Crippen molar-refractivity contribution in [2.24, 2.45) is 0 Å². The Labute approximate surface area is 133 Å². The number of benzene rings is 2. The number of fused-ring (bicyclic) bond motifs is 1. The maximum absolute atomic E-state index is 13.6. The zero-order chi connectivity index (χ0) is 16.4. The highest BCUT2D eigenvalue weighted by molar-refractivity contribution is 7.89. The standard InChI is InChI=1S/C16H15FN2O3S/c1-11(16-19-13-7-3-4-8-14(13)22-16)10-18-23(20,21)15-9-5-2-6-12(15)17/h2-9,11,18H,10H2,1H3. The molecule has 3 rings (SSSR count). The lowest BCUT2D eigenvalue weighted by atomic mass is 10.2. The van der Waals surface area contributed by atoms with E-state index in [4.69, 9.17) is 4.42 Å². The van der Waals surface area contributed by atoms with Crippen LogP contribution in [0.4, 0.5) is 4.39 Å². The largest absolute Gasteiger partial charge is 0.440 e. The van der Waals surface area contributed by atoms with Crippen molar-refractivity contribution in [3.05, 3.63) is 60.2 Å². The second-order valence-corrected chi connectivity index (χ2v) is 6.94. The SMILES string of the molecule is CC(CNS(=O)(=O)c1ccccc1F)c1nc2ccccc2o1. The van der Waals surface area contributed by atoms with Gasteiger partial charge in [0.15, 0.2) is 11.5 Å². The highest BCUT2D eigenvalue weighted by Gasteiger charge is 2.21. The first-order valence-electron chi connectivity index (χ1n) is 7.07. The van der Waals surface area contributed by atoms with E-state index in [1.807, 2.05) is 18.2 Å². The van der Waals surface area contributed by atoms with Crippen molar-refractivity contribution in [2.75, 3.05) is 6.54 Å². The molecule has 0 radical (unpaired) electrons. The molecule has 1 aromatic heterocycles. The molecular weight excluding hydrogens is 319 g/mol. The summed E-state index contributed by atoms with van der Waals surface area (Å²) in [4.78, 5) is 3.96. The summed E-state index contributed by atoms with van der Waals surface area (Å²) in [5.74, 6) is -0.638. The molecule has 0 saturated carbocycles. The number of nitrogens with one attached hydrogen (secondary N) is 1. The summed E-state index contributed by atoms with van der Waals surface area (Å²) in [6, 6.07) is 12.5. The van der Waals surface area contributed by atoms with Gasteiger partial charge in [0.2, 0.25) is 10.0 Å². The van der Waals surface area contributed by atoms with Crippen LogP contribution in [-0.4, -0.2) is 19.9 Å². The molecule has 0 fully saturated rings. The van der Waals surface area contributed by atoms with Crippen molar-refractivity contribution < 1.29 is 17.2 Å². The van der Waals surface area contributed by atoms with Crippen molar-refractivity contribution in [2.45, 2.75) is 17.7 Å². The predicted molar refractivity (Wildman–Crippen MR) is 84.0 cm³/mol. The number of hydrogen-bond donors (Lipinski definition) is 1. The molecule has 0 aliphatic carbocycles. The lowest BCUT2D eigenvalue weighted by Gasteiger charge is -2.10. The van der Waals surface area contributed by atoms with Gasteiger partial charge in [-0.05, 0) is 24.3 Å². The zero-order valence-electron chi connectivity index (χ0n) is 12.4. The number of para-hydroxylation sites is 2. The molecule has 5 nitrogen and oxygen atoms in total. The molecule has 120 valence electrons. The Morgan fingerprint density at radius 3 is 2.61 bits per heavy atom. The fourth-order valence-corrected chi connectivity index (χ4v) is 3.37. The van der Waals surface area contributed by atoms with Crippen LogP contribution in [0.15, 0.2) is 57.8 Å². The van der Waals surface area contributed by atoms with E-state index in [-0.39, 0.29) is 17.4 Å². The number of nitrogens with zero attached hydrogens (tertiary/aromatic N) is 1. The monoisotopic (exact) mass is 334 g/mol. The van der Waals surface area contributed by atoms with Crippen LogP contribution in [0.3, 0.4) is 0 Å². The van der Waals surface area contributed by atoms with Crippen LogP contribution >= 0.6 is 0 Å². The Bertz CT molecular complexity index is 904. The van der Waals surface area contributed by atoms with E-state index >= 15 is 0 Å². The van der Waals surface area contributed by atoms with E-state index in [2.05, 4.69) is 9.71 Å². The zero-order valence-corrected chi connectivity index (χ0v) is 13.2. The topological polar surface area (TPSA) is 72.2 Å². The minimum absolute atomic E-state index is 0.0590. The van der Waals surface area contributed by atoms with Crippen molar-refractivity contribution in [3.63, 3.8) is 0 Å². The Morgan fingerprint density at radius 1 is 1.17 bits per heavy atom. The third kappa shape index (κ3) is 3.25. The molecule has 23 heavy (non-hydrogen) atoms. The van der Waals surface area contributed by atoms with E-state index in [1.54, 1.807) is 13.0 Å². The summed E-state index contributed by atoms with van der Waals surface area (Å²) in [6.07, 6.45) is 0. The number of hydrogen-bond acceptors (Lipinski definition) is 4. The average Bonchev–Trinajstić information content (AvgIpc) is 2.97. The second-order valence-electron chi connectivity index (χ2n) is 5.20. The van der Waals surface area contributed by atoms with Crippen LogP contribution in [-0.2, 0) is 10.0 Å². The summed E-state index contributed by atoms with van der Waals surface area (Å²) in [6.45, 7) is 1.85. The molecule has 7 heteroatoms. The van der Waals surface area contributed by atoms with Crippen LogP contribution in [0.1, 0.15) is 18.7 Å². The van der Waals surface area contributed by atoms with Crippen LogP contribution in [0.2, 0.25) is 0 Å². The molecule has 0 aliphatic heterocycles. The second kappa shape index (κ2) is 6.10. The maximum Gasteiger partial charge on any atom is 0.243 e. The first-order chi connectivity index (χ1) is 11.0. The number of rotatable bonds is 5. The summed E-state index contributed by atoms with van der Waals surface area (Å²) in [5, 5.41) is 0. The molecule has 1 heterocycles. The first kappa shape index (κ1) is 15.6. The molecule has 1 atom stereocenters. The lowest BCUT2D eigenvalue weighted by molar-refractivity contribution is 0.479. The molecule has 0 aliphatic rings. The Morgan fingerprint density at radius 2 is 1.87 bits per heavy atom. The van der Waals surface area contributed by atoms with Crippen LogP contribution in [0.25, 0.3) is 11.1 Å². The summed E-state index contributed by atoms with van der Waals surface area (Å²) < 4.78 is 45.9. The first-order valence-corrected chi connectivity index (χ1v) is 8.55. The van der Waals surface area contributed by atoms with E-state index < -0.39 is 15.8 Å². The van der Waals surface area contributed by atoms with Crippen molar-refractivity contribution in [1.82, 2.24) is 9.71 Å². The van der Waals surface area contributed by atoms with Gasteiger partial charge in [-0.1, -0.05) is 31.2 Å². The quantitative estimate of drug-likeness (QED) is 0.778. The predicted octanol–water partition coefficient (Wildman–Crippen LogP) is 3.05. The molecule has 2 aromatic carbocycles. The van der Waals surface area contributed by atoms with E-state index in [9.17, 15) is 12.8 Å². The van der Waals surface area contributed by atoms with Crippen LogP contribution < -0.4 is 4.72 Å². The smallest absolute Gasteiger partial charge is 0.243 e. The molecule has 1 unspecified atom stereocenters. The van der Waals surface area contributed by atoms with Gasteiger partial charge in [0.25, 0.3) is 0 Å². The van der Waals surface area contributed by atoms with Gasteiger partial charge in [0.05, 0.1) is 0 Å². The number of halogens is 1. The Hall–Kier alpha value is -2.25. The summed E-state index contributed by atoms with van der Waals surface area (Å²) in [7, 11) is -3.92. The molecule has 1 N–H and O–H groups in total. The van der Waals surface area contributed by atoms with Crippen molar-refractivity contribution in [1.29, 1.82) is 0 Å². The van der Waals surface area contributed by atoms with Crippen LogP contribution in [0.5, 0.6) is 0 Å². The molecule has 0 saturated heterocycles. The van der Waals surface area contributed by atoms with E-state index in [0.29, 0.717) is 17.0 Å². The molecule has 0 spiro atoms.